The highest BCUT2D eigenvalue weighted by Crippen LogP contribution is 2.29. The Labute approximate surface area is 131 Å². The molecule has 0 unspecified atom stereocenters. The van der Waals surface area contributed by atoms with Crippen molar-refractivity contribution in [3.05, 3.63) is 23.8 Å². The Morgan fingerprint density at radius 3 is 2.50 bits per heavy atom. The first-order chi connectivity index (χ1) is 10.6. The molecule has 1 aromatic carbocycles. The first kappa shape index (κ1) is 16.3. The van der Waals surface area contributed by atoms with Gasteiger partial charge >= 0.3 is 5.97 Å². The molecule has 1 aliphatic rings. The summed E-state index contributed by atoms with van der Waals surface area (Å²) in [7, 11) is 3.22. The number of methoxy groups -OCH3 is 2. The Bertz CT molecular complexity index is 533. The van der Waals surface area contributed by atoms with Gasteiger partial charge < -0.3 is 14.6 Å². The molecule has 1 aromatic rings. The number of rotatable bonds is 6. The normalized spacial score (nSPS) is 21.7. The number of aliphatic imine (C=N–C) groups is 1. The first-order valence-electron chi connectivity index (χ1n) is 7.58. The van der Waals surface area contributed by atoms with Crippen LogP contribution in [0, 0.1) is 11.8 Å². The van der Waals surface area contributed by atoms with Crippen LogP contribution in [0.1, 0.15) is 31.2 Å². The van der Waals surface area contributed by atoms with Gasteiger partial charge in [0.15, 0.2) is 11.5 Å². The Hall–Kier alpha value is -2.04. The third-order valence-electron chi connectivity index (χ3n) is 4.21. The monoisotopic (exact) mass is 305 g/mol. The van der Waals surface area contributed by atoms with Crippen molar-refractivity contribution >= 4 is 12.2 Å². The predicted molar refractivity (Wildman–Crippen MR) is 85.1 cm³/mol. The van der Waals surface area contributed by atoms with E-state index in [0.29, 0.717) is 17.4 Å². The summed E-state index contributed by atoms with van der Waals surface area (Å²) in [4.78, 5) is 15.4. The summed E-state index contributed by atoms with van der Waals surface area (Å²) >= 11 is 0. The number of carboxylic acid groups (broad SMARTS) is 1. The largest absolute Gasteiger partial charge is 0.493 e. The van der Waals surface area contributed by atoms with E-state index < -0.39 is 5.97 Å². The molecule has 2 rings (SSSR count). The number of benzene rings is 1. The van der Waals surface area contributed by atoms with E-state index in [1.165, 1.54) is 0 Å². The number of nitrogens with zero attached hydrogens (tertiary/aromatic N) is 1. The van der Waals surface area contributed by atoms with Crippen LogP contribution in [0.3, 0.4) is 0 Å². The average Bonchev–Trinajstić information content (AvgIpc) is 2.55. The molecule has 0 atom stereocenters. The molecule has 5 nitrogen and oxygen atoms in total. The van der Waals surface area contributed by atoms with E-state index in [2.05, 4.69) is 4.99 Å². The van der Waals surface area contributed by atoms with Gasteiger partial charge in [0.2, 0.25) is 0 Å². The number of hydrogen-bond acceptors (Lipinski definition) is 4. The second kappa shape index (κ2) is 7.82. The minimum absolute atomic E-state index is 0.161. The van der Waals surface area contributed by atoms with Gasteiger partial charge in [0.25, 0.3) is 0 Å². The summed E-state index contributed by atoms with van der Waals surface area (Å²) in [6.45, 7) is 0.751. The fourth-order valence-corrected chi connectivity index (χ4v) is 2.83. The molecule has 0 radical (unpaired) electrons. The zero-order chi connectivity index (χ0) is 15.9. The predicted octanol–water partition coefficient (Wildman–Crippen LogP) is 3.01. The first-order valence-corrected chi connectivity index (χ1v) is 7.58. The maximum Gasteiger partial charge on any atom is 0.306 e. The van der Waals surface area contributed by atoms with Crippen molar-refractivity contribution < 1.29 is 19.4 Å². The molecule has 1 saturated carbocycles. The van der Waals surface area contributed by atoms with E-state index in [1.54, 1.807) is 14.2 Å². The number of aliphatic carboxylic acids is 1. The number of ether oxygens (including phenoxy) is 2. The molecule has 0 heterocycles. The highest BCUT2D eigenvalue weighted by atomic mass is 16.5. The van der Waals surface area contributed by atoms with Crippen LogP contribution in [0.2, 0.25) is 0 Å². The van der Waals surface area contributed by atoms with Gasteiger partial charge in [0, 0.05) is 12.8 Å². The van der Waals surface area contributed by atoms with Crippen molar-refractivity contribution in [3.63, 3.8) is 0 Å². The van der Waals surface area contributed by atoms with Crippen LogP contribution in [-0.4, -0.2) is 38.1 Å². The number of carboxylic acids is 1. The second-order valence-electron chi connectivity index (χ2n) is 5.66. The van der Waals surface area contributed by atoms with Gasteiger partial charge in [-0.05, 0) is 55.4 Å². The van der Waals surface area contributed by atoms with Gasteiger partial charge in [-0.2, -0.15) is 0 Å². The van der Waals surface area contributed by atoms with Crippen molar-refractivity contribution in [2.75, 3.05) is 20.8 Å². The molecule has 5 heteroatoms. The highest BCUT2D eigenvalue weighted by Gasteiger charge is 2.25. The lowest BCUT2D eigenvalue weighted by molar-refractivity contribution is -0.143. The Morgan fingerprint density at radius 2 is 1.91 bits per heavy atom. The van der Waals surface area contributed by atoms with Crippen LogP contribution >= 0.6 is 0 Å². The zero-order valence-electron chi connectivity index (χ0n) is 13.1. The lowest BCUT2D eigenvalue weighted by Crippen LogP contribution is -2.22. The quantitative estimate of drug-likeness (QED) is 0.820. The van der Waals surface area contributed by atoms with Gasteiger partial charge in [-0.3, -0.25) is 9.79 Å². The van der Waals surface area contributed by atoms with Crippen LogP contribution in [0.4, 0.5) is 0 Å². The molecule has 22 heavy (non-hydrogen) atoms. The van der Waals surface area contributed by atoms with Crippen molar-refractivity contribution in [1.82, 2.24) is 0 Å². The van der Waals surface area contributed by atoms with Crippen LogP contribution in [0.5, 0.6) is 11.5 Å². The zero-order valence-corrected chi connectivity index (χ0v) is 13.1. The van der Waals surface area contributed by atoms with E-state index >= 15 is 0 Å². The Morgan fingerprint density at radius 1 is 1.23 bits per heavy atom. The molecule has 1 N–H and O–H groups in total. The number of hydrogen-bond donors (Lipinski definition) is 1. The van der Waals surface area contributed by atoms with Gasteiger partial charge in [-0.15, -0.1) is 0 Å². The summed E-state index contributed by atoms with van der Waals surface area (Å²) < 4.78 is 10.5. The van der Waals surface area contributed by atoms with Crippen LogP contribution < -0.4 is 9.47 Å². The van der Waals surface area contributed by atoms with E-state index in [-0.39, 0.29) is 5.92 Å². The second-order valence-corrected chi connectivity index (χ2v) is 5.66. The standard InChI is InChI=1S/C17H23NO4/c1-21-15-8-5-13(9-16(15)22-2)11-18-10-12-3-6-14(7-4-12)17(19)20/h5,8-9,11-12,14H,3-4,6-7,10H2,1-2H3,(H,19,20)/b18-11+. The molecular formula is C17H23NO4. The molecule has 1 aliphatic carbocycles. The maximum absolute atomic E-state index is 10.9. The number of carbonyl (C=O) groups is 1. The summed E-state index contributed by atoms with van der Waals surface area (Å²) in [6.07, 6.45) is 5.27. The highest BCUT2D eigenvalue weighted by molar-refractivity contribution is 5.80. The summed E-state index contributed by atoms with van der Waals surface area (Å²) in [5.74, 6) is 1.06. The third kappa shape index (κ3) is 4.23. The molecule has 0 spiro atoms. The average molecular weight is 305 g/mol. The molecule has 120 valence electrons. The minimum Gasteiger partial charge on any atom is -0.493 e. The van der Waals surface area contributed by atoms with E-state index in [1.807, 2.05) is 24.4 Å². The van der Waals surface area contributed by atoms with Crippen molar-refractivity contribution in [2.24, 2.45) is 16.8 Å². The third-order valence-corrected chi connectivity index (χ3v) is 4.21. The lowest BCUT2D eigenvalue weighted by atomic mass is 9.82. The van der Waals surface area contributed by atoms with E-state index in [4.69, 9.17) is 14.6 Å². The minimum atomic E-state index is -0.660. The smallest absolute Gasteiger partial charge is 0.306 e. The molecule has 0 bridgehead atoms. The Balaban J connectivity index is 1.87. The van der Waals surface area contributed by atoms with Gasteiger partial charge in [0.05, 0.1) is 20.1 Å². The van der Waals surface area contributed by atoms with Gasteiger partial charge in [-0.25, -0.2) is 0 Å². The topological polar surface area (TPSA) is 68.1 Å². The van der Waals surface area contributed by atoms with Crippen molar-refractivity contribution in [1.29, 1.82) is 0 Å². The van der Waals surface area contributed by atoms with Crippen LogP contribution in [-0.2, 0) is 4.79 Å². The van der Waals surface area contributed by atoms with Crippen LogP contribution in [0.15, 0.2) is 23.2 Å². The molecule has 0 amide bonds. The molecule has 0 saturated heterocycles. The molecule has 0 aromatic heterocycles. The van der Waals surface area contributed by atoms with Gasteiger partial charge in [-0.1, -0.05) is 0 Å². The van der Waals surface area contributed by atoms with Gasteiger partial charge in [0.1, 0.15) is 0 Å². The fourth-order valence-electron chi connectivity index (χ4n) is 2.83. The fraction of sp³-hybridized carbons (Fsp3) is 0.529. The van der Waals surface area contributed by atoms with E-state index in [0.717, 1.165) is 37.8 Å². The SMILES string of the molecule is COc1ccc(/C=N/CC2CCC(C(=O)O)CC2)cc1OC. The van der Waals surface area contributed by atoms with Crippen molar-refractivity contribution in [3.8, 4) is 11.5 Å². The Kier molecular flexibility index (Phi) is 5.81. The summed E-state index contributed by atoms with van der Waals surface area (Å²) in [6, 6.07) is 5.69. The summed E-state index contributed by atoms with van der Waals surface area (Å²) in [5, 5.41) is 8.99. The van der Waals surface area contributed by atoms with E-state index in [9.17, 15) is 4.79 Å². The molecular weight excluding hydrogens is 282 g/mol. The molecule has 1 fully saturated rings. The maximum atomic E-state index is 10.9. The molecule has 0 aliphatic heterocycles. The lowest BCUT2D eigenvalue weighted by Gasteiger charge is -2.24. The summed E-state index contributed by atoms with van der Waals surface area (Å²) in [5.41, 5.74) is 0.969. The van der Waals surface area contributed by atoms with Crippen LogP contribution in [0.25, 0.3) is 0 Å². The van der Waals surface area contributed by atoms with Crippen molar-refractivity contribution in [2.45, 2.75) is 25.7 Å².